The second-order valence-corrected chi connectivity index (χ2v) is 5.12. The van der Waals surface area contributed by atoms with Crippen molar-refractivity contribution in [1.29, 1.82) is 0 Å². The van der Waals surface area contributed by atoms with Gasteiger partial charge in [0.15, 0.2) is 11.5 Å². The molecule has 1 amide bonds. The van der Waals surface area contributed by atoms with Crippen molar-refractivity contribution in [3.63, 3.8) is 0 Å². The summed E-state index contributed by atoms with van der Waals surface area (Å²) >= 11 is 1.36. The number of rotatable bonds is 3. The first-order chi connectivity index (χ1) is 10.0. The van der Waals surface area contributed by atoms with E-state index >= 15 is 0 Å². The average molecular weight is 309 g/mol. The summed E-state index contributed by atoms with van der Waals surface area (Å²) in [5, 5.41) is 6.59. The van der Waals surface area contributed by atoms with Crippen molar-refractivity contribution < 1.29 is 13.6 Å². The maximum atomic E-state index is 13.5. The Bertz CT molecular complexity index is 786. The Labute approximate surface area is 121 Å². The summed E-state index contributed by atoms with van der Waals surface area (Å²) in [5.74, 6) is -2.57. The summed E-state index contributed by atoms with van der Waals surface area (Å²) in [7, 11) is 0. The van der Waals surface area contributed by atoms with Gasteiger partial charge >= 0.3 is 0 Å². The van der Waals surface area contributed by atoms with Crippen molar-refractivity contribution in [3.05, 3.63) is 47.0 Å². The number of imidazole rings is 1. The molecule has 3 aromatic rings. The van der Waals surface area contributed by atoms with Gasteiger partial charge in [-0.15, -0.1) is 0 Å². The zero-order valence-electron chi connectivity index (χ0n) is 10.7. The molecule has 0 aromatic carbocycles. The summed E-state index contributed by atoms with van der Waals surface area (Å²) in [6, 6.07) is 0.154. The van der Waals surface area contributed by atoms with Gasteiger partial charge in [0.1, 0.15) is 11.3 Å². The van der Waals surface area contributed by atoms with E-state index in [0.29, 0.717) is 16.7 Å². The predicted octanol–water partition coefficient (Wildman–Crippen LogP) is 1.96. The highest BCUT2D eigenvalue weighted by molar-refractivity contribution is 7.14. The second-order valence-electron chi connectivity index (χ2n) is 4.31. The number of amides is 1. The highest BCUT2D eigenvalue weighted by atomic mass is 32.1. The van der Waals surface area contributed by atoms with E-state index in [0.717, 1.165) is 6.20 Å². The standard InChI is InChI=1S/C12H9F2N5OS/c1-6(9-4-19-12(18-9)21-5-16-19)17-11(20)10-8(14)2-7(13)3-15-10/h2-6H,1H3,(H,17,20)/t6-/m1/s1. The molecule has 0 radical (unpaired) electrons. The van der Waals surface area contributed by atoms with Crippen molar-refractivity contribution in [3.8, 4) is 0 Å². The van der Waals surface area contributed by atoms with Gasteiger partial charge < -0.3 is 5.32 Å². The van der Waals surface area contributed by atoms with Crippen LogP contribution in [0.5, 0.6) is 0 Å². The van der Waals surface area contributed by atoms with Crippen LogP contribution >= 0.6 is 11.3 Å². The summed E-state index contributed by atoms with van der Waals surface area (Å²) in [6.45, 7) is 1.70. The van der Waals surface area contributed by atoms with E-state index in [1.807, 2.05) is 0 Å². The number of pyridine rings is 1. The van der Waals surface area contributed by atoms with Gasteiger partial charge in [0.05, 0.1) is 24.1 Å². The van der Waals surface area contributed by atoms with Gasteiger partial charge in [-0.05, 0) is 6.92 Å². The number of carbonyl (C=O) groups excluding carboxylic acids is 1. The zero-order valence-corrected chi connectivity index (χ0v) is 11.6. The molecule has 108 valence electrons. The number of carbonyl (C=O) groups is 1. The monoisotopic (exact) mass is 309 g/mol. The second kappa shape index (κ2) is 5.17. The van der Waals surface area contributed by atoms with E-state index in [-0.39, 0.29) is 0 Å². The first kappa shape index (κ1) is 13.6. The molecule has 3 aromatic heterocycles. The molecule has 0 aliphatic rings. The Hall–Kier alpha value is -2.42. The largest absolute Gasteiger partial charge is 0.342 e. The fraction of sp³-hybridized carbons (Fsp3) is 0.167. The molecular formula is C12H9F2N5OS. The van der Waals surface area contributed by atoms with E-state index in [4.69, 9.17) is 0 Å². The van der Waals surface area contributed by atoms with E-state index in [1.54, 1.807) is 23.1 Å². The van der Waals surface area contributed by atoms with Crippen molar-refractivity contribution in [2.45, 2.75) is 13.0 Å². The maximum absolute atomic E-state index is 13.5. The van der Waals surface area contributed by atoms with Gasteiger partial charge in [0, 0.05) is 6.07 Å². The summed E-state index contributed by atoms with van der Waals surface area (Å²) in [6.07, 6.45) is 2.46. The number of halogens is 2. The molecule has 0 fully saturated rings. The Morgan fingerprint density at radius 1 is 1.48 bits per heavy atom. The molecule has 3 heterocycles. The lowest BCUT2D eigenvalue weighted by Crippen LogP contribution is -2.28. The summed E-state index contributed by atoms with van der Waals surface area (Å²) in [4.78, 5) is 20.4. The molecule has 0 spiro atoms. The topological polar surface area (TPSA) is 72.2 Å². The molecule has 0 aliphatic carbocycles. The van der Waals surface area contributed by atoms with E-state index in [1.165, 1.54) is 11.3 Å². The van der Waals surface area contributed by atoms with Gasteiger partial charge in [0.25, 0.3) is 5.91 Å². The number of nitrogens with one attached hydrogen (secondary N) is 1. The Morgan fingerprint density at radius 2 is 2.29 bits per heavy atom. The lowest BCUT2D eigenvalue weighted by atomic mass is 10.2. The highest BCUT2D eigenvalue weighted by Crippen LogP contribution is 2.16. The third kappa shape index (κ3) is 2.59. The van der Waals surface area contributed by atoms with Gasteiger partial charge in [-0.3, -0.25) is 4.79 Å². The minimum absolute atomic E-state index is 0.456. The Kier molecular flexibility index (Phi) is 3.34. The molecule has 6 nitrogen and oxygen atoms in total. The summed E-state index contributed by atoms with van der Waals surface area (Å²) in [5.41, 5.74) is 1.78. The fourth-order valence-electron chi connectivity index (χ4n) is 1.78. The van der Waals surface area contributed by atoms with Crippen LogP contribution in [0.3, 0.4) is 0 Å². The summed E-state index contributed by atoms with van der Waals surface area (Å²) < 4.78 is 27.8. The van der Waals surface area contributed by atoms with Crippen LogP contribution in [0.25, 0.3) is 4.96 Å². The van der Waals surface area contributed by atoms with Crippen molar-refractivity contribution in [2.24, 2.45) is 0 Å². The number of aromatic nitrogens is 4. The van der Waals surface area contributed by atoms with Crippen LogP contribution < -0.4 is 5.32 Å². The molecule has 0 saturated heterocycles. The lowest BCUT2D eigenvalue weighted by Gasteiger charge is -2.11. The van der Waals surface area contributed by atoms with E-state index in [2.05, 4.69) is 20.4 Å². The number of fused-ring (bicyclic) bond motifs is 1. The van der Waals surface area contributed by atoms with Gasteiger partial charge in [-0.2, -0.15) is 5.10 Å². The van der Waals surface area contributed by atoms with Crippen LogP contribution in [0.2, 0.25) is 0 Å². The van der Waals surface area contributed by atoms with Crippen LogP contribution in [0.4, 0.5) is 8.78 Å². The van der Waals surface area contributed by atoms with Crippen LogP contribution in [-0.2, 0) is 0 Å². The minimum Gasteiger partial charge on any atom is -0.342 e. The van der Waals surface area contributed by atoms with Gasteiger partial charge in [0.2, 0.25) is 4.96 Å². The first-order valence-corrected chi connectivity index (χ1v) is 6.83. The smallest absolute Gasteiger partial charge is 0.273 e. The predicted molar refractivity (Wildman–Crippen MR) is 70.9 cm³/mol. The third-order valence-electron chi connectivity index (χ3n) is 2.82. The lowest BCUT2D eigenvalue weighted by molar-refractivity contribution is 0.0929. The van der Waals surface area contributed by atoms with Gasteiger partial charge in [-0.1, -0.05) is 11.3 Å². The van der Waals surface area contributed by atoms with Crippen LogP contribution in [0.1, 0.15) is 29.1 Å². The Balaban J connectivity index is 1.78. The minimum atomic E-state index is -1.01. The molecule has 3 rings (SSSR count). The molecule has 0 bridgehead atoms. The molecule has 1 atom stereocenters. The van der Waals surface area contributed by atoms with E-state index < -0.39 is 29.3 Å². The molecule has 21 heavy (non-hydrogen) atoms. The maximum Gasteiger partial charge on any atom is 0.273 e. The zero-order chi connectivity index (χ0) is 15.0. The van der Waals surface area contributed by atoms with Crippen LogP contribution in [-0.4, -0.2) is 25.5 Å². The SMILES string of the molecule is C[C@@H](NC(=O)c1ncc(F)cc1F)c1cn2ncsc2n1. The molecule has 1 N–H and O–H groups in total. The average Bonchev–Trinajstić information content (AvgIpc) is 2.98. The van der Waals surface area contributed by atoms with Crippen molar-refractivity contribution in [2.75, 3.05) is 0 Å². The Morgan fingerprint density at radius 3 is 3.00 bits per heavy atom. The number of nitrogens with zero attached hydrogens (tertiary/aromatic N) is 4. The molecule has 0 saturated carbocycles. The molecule has 0 unspecified atom stereocenters. The third-order valence-corrected chi connectivity index (χ3v) is 3.51. The van der Waals surface area contributed by atoms with E-state index in [9.17, 15) is 13.6 Å². The number of hydrogen-bond donors (Lipinski definition) is 1. The van der Waals surface area contributed by atoms with Crippen molar-refractivity contribution >= 4 is 22.2 Å². The number of hydrogen-bond acceptors (Lipinski definition) is 5. The van der Waals surface area contributed by atoms with Crippen LogP contribution in [0.15, 0.2) is 24.0 Å². The van der Waals surface area contributed by atoms with Gasteiger partial charge in [-0.25, -0.2) is 23.3 Å². The molecule has 9 heteroatoms. The first-order valence-electron chi connectivity index (χ1n) is 5.95. The van der Waals surface area contributed by atoms with Crippen molar-refractivity contribution in [1.82, 2.24) is 24.9 Å². The quantitative estimate of drug-likeness (QED) is 0.802. The highest BCUT2D eigenvalue weighted by Gasteiger charge is 2.19. The fourth-order valence-corrected chi connectivity index (χ4v) is 2.39. The molecule has 0 aliphatic heterocycles. The molecular weight excluding hydrogens is 300 g/mol. The van der Waals surface area contributed by atoms with Crippen LogP contribution in [0, 0.1) is 11.6 Å². The normalized spacial score (nSPS) is 12.5.